The van der Waals surface area contributed by atoms with Gasteiger partial charge in [0, 0.05) is 17.8 Å². The second-order valence-corrected chi connectivity index (χ2v) is 15.6. The average molecular weight is 581 g/mol. The summed E-state index contributed by atoms with van der Waals surface area (Å²) in [5, 5.41) is 53.2. The van der Waals surface area contributed by atoms with Gasteiger partial charge in [0.2, 0.25) is 0 Å². The second-order valence-electron chi connectivity index (χ2n) is 15.6. The lowest BCUT2D eigenvalue weighted by Gasteiger charge is -2.64. The summed E-state index contributed by atoms with van der Waals surface area (Å²) in [5.74, 6) is 2.40. The van der Waals surface area contributed by atoms with Crippen molar-refractivity contribution >= 4 is 0 Å². The van der Waals surface area contributed by atoms with Gasteiger partial charge in [-0.15, -0.1) is 0 Å². The van der Waals surface area contributed by atoms with Crippen molar-refractivity contribution in [3.05, 3.63) is 0 Å². The lowest BCUT2D eigenvalue weighted by Crippen LogP contribution is -2.66. The summed E-state index contributed by atoms with van der Waals surface area (Å²) < 4.78 is 25.4. The van der Waals surface area contributed by atoms with E-state index in [-0.39, 0.29) is 30.0 Å². The zero-order valence-electron chi connectivity index (χ0n) is 25.1. The molecule has 4 saturated carbocycles. The van der Waals surface area contributed by atoms with E-state index in [1.807, 2.05) is 0 Å². The highest BCUT2D eigenvalue weighted by Gasteiger charge is 2.70. The van der Waals surface area contributed by atoms with Crippen molar-refractivity contribution in [2.75, 3.05) is 13.2 Å². The lowest BCUT2D eigenvalue weighted by molar-refractivity contribution is -0.328. The molecule has 9 nitrogen and oxygen atoms in total. The van der Waals surface area contributed by atoms with Crippen LogP contribution in [0.3, 0.4) is 0 Å². The maximum absolute atomic E-state index is 11.4. The predicted molar refractivity (Wildman–Crippen MR) is 147 cm³/mol. The quantitative estimate of drug-likeness (QED) is 0.333. The molecule has 1 spiro atoms. The van der Waals surface area contributed by atoms with Crippen LogP contribution in [0.25, 0.3) is 0 Å². The van der Waals surface area contributed by atoms with Crippen molar-refractivity contribution in [2.24, 2.45) is 52.3 Å². The normalized spacial score (nSPS) is 62.1. The number of aliphatic hydroxyl groups is 5. The van der Waals surface area contributed by atoms with Gasteiger partial charge >= 0.3 is 0 Å². The van der Waals surface area contributed by atoms with Crippen LogP contribution in [0.5, 0.6) is 0 Å². The van der Waals surface area contributed by atoms with Gasteiger partial charge in [0.1, 0.15) is 24.4 Å². The van der Waals surface area contributed by atoms with Crippen LogP contribution in [-0.2, 0) is 18.9 Å². The minimum atomic E-state index is -1.44. The molecule has 0 aromatic carbocycles. The highest BCUT2D eigenvalue weighted by molar-refractivity contribution is 5.17. The van der Waals surface area contributed by atoms with Gasteiger partial charge in [0.05, 0.1) is 31.5 Å². The number of rotatable bonds is 2. The summed E-state index contributed by atoms with van der Waals surface area (Å²) in [4.78, 5) is 0. The molecule has 4 aliphatic carbocycles. The van der Waals surface area contributed by atoms with Crippen molar-refractivity contribution in [3.8, 4) is 0 Å². The first kappa shape index (κ1) is 29.4. The molecule has 234 valence electrons. The standard InChI is InChI=1S/C32H52O9/c1-15-7-10-32(39-13-15)16(2)24-23(41-32)12-20-18-6-5-17-11-21(33)26(36)28(31(17,4)19(18)8-9-30(20,24)3)40-29-27(37)25(35)22(34)14-38-29/h15-29,33-37H,5-14H2,1-4H3/t15-,16-,17-,18+,19-,20+,21-,22-,23+,24+,25-,26-,27+,28+,29-,30+,31-,32+/m0/s1. The van der Waals surface area contributed by atoms with Gasteiger partial charge in [-0.25, -0.2) is 0 Å². The van der Waals surface area contributed by atoms with E-state index in [9.17, 15) is 25.5 Å². The Kier molecular flexibility index (Phi) is 7.21. The number of ether oxygens (including phenoxy) is 4. The van der Waals surface area contributed by atoms with Crippen molar-refractivity contribution in [2.45, 2.75) is 134 Å². The Morgan fingerprint density at radius 2 is 1.56 bits per heavy atom. The number of hydrogen-bond acceptors (Lipinski definition) is 9. The van der Waals surface area contributed by atoms with Crippen LogP contribution in [0.15, 0.2) is 0 Å². The Bertz CT molecular complexity index is 986. The summed E-state index contributed by atoms with van der Waals surface area (Å²) in [5.41, 5.74) is -0.266. The Morgan fingerprint density at radius 3 is 2.29 bits per heavy atom. The Hall–Kier alpha value is -0.360. The monoisotopic (exact) mass is 580 g/mol. The molecular weight excluding hydrogens is 528 g/mol. The molecule has 0 aromatic heterocycles. The highest BCUT2D eigenvalue weighted by Crippen LogP contribution is 2.71. The van der Waals surface area contributed by atoms with E-state index in [2.05, 4.69) is 27.7 Å². The van der Waals surface area contributed by atoms with Gasteiger partial charge in [-0.1, -0.05) is 27.7 Å². The topological polar surface area (TPSA) is 138 Å². The number of fused-ring (bicyclic) bond motifs is 7. The smallest absolute Gasteiger partial charge is 0.186 e. The first-order valence-electron chi connectivity index (χ1n) is 16.4. The third kappa shape index (κ3) is 4.13. The third-order valence-corrected chi connectivity index (χ3v) is 13.8. The van der Waals surface area contributed by atoms with Gasteiger partial charge in [0.15, 0.2) is 12.1 Å². The number of aliphatic hydroxyl groups excluding tert-OH is 5. The van der Waals surface area contributed by atoms with Crippen LogP contribution >= 0.6 is 0 Å². The molecule has 0 radical (unpaired) electrons. The minimum Gasteiger partial charge on any atom is -0.390 e. The summed E-state index contributed by atoms with van der Waals surface area (Å²) in [6, 6.07) is 0. The molecule has 0 unspecified atom stereocenters. The maximum Gasteiger partial charge on any atom is 0.186 e. The first-order valence-corrected chi connectivity index (χ1v) is 16.4. The van der Waals surface area contributed by atoms with E-state index < -0.39 is 54.1 Å². The lowest BCUT2D eigenvalue weighted by atomic mass is 9.43. The van der Waals surface area contributed by atoms with Crippen LogP contribution in [0.1, 0.15) is 79.1 Å². The average Bonchev–Trinajstić information content (AvgIpc) is 3.39. The molecule has 7 rings (SSSR count). The summed E-state index contributed by atoms with van der Waals surface area (Å²) >= 11 is 0. The molecule has 0 amide bonds. The molecule has 9 heteroatoms. The first-order chi connectivity index (χ1) is 19.4. The zero-order chi connectivity index (χ0) is 29.1. The molecule has 7 aliphatic rings. The van der Waals surface area contributed by atoms with Gasteiger partial charge in [0.25, 0.3) is 0 Å². The molecule has 0 aromatic rings. The van der Waals surface area contributed by atoms with Crippen LogP contribution in [0.2, 0.25) is 0 Å². The van der Waals surface area contributed by atoms with E-state index in [0.717, 1.165) is 51.6 Å². The van der Waals surface area contributed by atoms with Crippen LogP contribution in [0, 0.1) is 52.3 Å². The molecule has 18 atom stereocenters. The van der Waals surface area contributed by atoms with Crippen LogP contribution in [-0.4, -0.2) is 93.6 Å². The Labute approximate surface area is 243 Å². The van der Waals surface area contributed by atoms with Gasteiger partial charge in [-0.3, -0.25) is 0 Å². The Morgan fingerprint density at radius 1 is 0.780 bits per heavy atom. The van der Waals surface area contributed by atoms with Gasteiger partial charge in [-0.2, -0.15) is 0 Å². The van der Waals surface area contributed by atoms with Crippen LogP contribution < -0.4 is 0 Å². The predicted octanol–water partition coefficient (Wildman–Crippen LogP) is 2.20. The molecule has 3 saturated heterocycles. The largest absolute Gasteiger partial charge is 0.390 e. The fourth-order valence-electron chi connectivity index (χ4n) is 11.6. The van der Waals surface area contributed by atoms with Crippen molar-refractivity contribution < 1.29 is 44.5 Å². The van der Waals surface area contributed by atoms with Crippen LogP contribution in [0.4, 0.5) is 0 Å². The summed E-state index contributed by atoms with van der Waals surface area (Å²) in [6.45, 7) is 9.96. The van der Waals surface area contributed by atoms with Gasteiger partial charge < -0.3 is 44.5 Å². The molecule has 5 N–H and O–H groups in total. The van der Waals surface area contributed by atoms with Gasteiger partial charge in [-0.05, 0) is 85.9 Å². The van der Waals surface area contributed by atoms with E-state index in [0.29, 0.717) is 36.0 Å². The van der Waals surface area contributed by atoms with E-state index >= 15 is 0 Å². The van der Waals surface area contributed by atoms with Crippen molar-refractivity contribution in [1.82, 2.24) is 0 Å². The molecule has 0 bridgehead atoms. The maximum atomic E-state index is 11.4. The Balaban J connectivity index is 1.15. The summed E-state index contributed by atoms with van der Waals surface area (Å²) in [6.07, 6.45) is 0.0615. The highest BCUT2D eigenvalue weighted by atomic mass is 16.7. The molecule has 3 heterocycles. The minimum absolute atomic E-state index is 0.161. The zero-order valence-corrected chi connectivity index (χ0v) is 25.1. The van der Waals surface area contributed by atoms with E-state index in [1.54, 1.807) is 0 Å². The van der Waals surface area contributed by atoms with Crippen molar-refractivity contribution in [3.63, 3.8) is 0 Å². The molecule has 41 heavy (non-hydrogen) atoms. The molecule has 7 fully saturated rings. The molecular formula is C32H52O9. The van der Waals surface area contributed by atoms with Crippen molar-refractivity contribution in [1.29, 1.82) is 0 Å². The fraction of sp³-hybridized carbons (Fsp3) is 1.00. The van der Waals surface area contributed by atoms with E-state index in [4.69, 9.17) is 18.9 Å². The molecule has 3 aliphatic heterocycles. The summed E-state index contributed by atoms with van der Waals surface area (Å²) in [7, 11) is 0. The fourth-order valence-corrected chi connectivity index (χ4v) is 11.6. The van der Waals surface area contributed by atoms with E-state index in [1.165, 1.54) is 0 Å². The SMILES string of the molecule is C[C@H]1CC[C@@]2(OC1)O[C@@H]1C[C@@H]3[C@@H]4CC[C@H]5C[C@H](O)[C@H](O)[C@@H](O[C@@H]6OC[C@H](O)[C@H](O)[C@H]6O)[C@]5(C)[C@H]4CC[C@@]3(C)[C@@H]1[C@@H]2C. The second kappa shape index (κ2) is 10.1. The third-order valence-electron chi connectivity index (χ3n) is 13.8. The number of hydrogen-bond donors (Lipinski definition) is 5.